The number of imidazole rings is 2. The number of ether oxygens (including phenoxy) is 2. The SMILES string of the molecule is CCn1nnc([C@H]2O[C@@H](n3cnc4c(N[C@H]5CC[C@H](Nc6nc(N7CC[C@@H](N(C)C)C7)nc7c6ncn7[C@@H]6O[C@H](c7nnn(CC)n7)[C@@H](O)[C@H]6O)CC5)nc(N5CCC(N(C)C)C5)nc43)[C@H](O)[C@@H]2O)n1. The highest BCUT2D eigenvalue weighted by molar-refractivity contribution is 5.85. The number of nitrogens with one attached hydrogen (secondary N) is 2. The van der Waals surface area contributed by atoms with Crippen LogP contribution in [-0.4, -0.2) is 213 Å². The molecule has 1 unspecified atom stereocenters. The molecule has 0 aromatic carbocycles. The van der Waals surface area contributed by atoms with Crippen LogP contribution in [0.25, 0.3) is 22.3 Å². The van der Waals surface area contributed by atoms with Crippen LogP contribution in [0.4, 0.5) is 23.5 Å². The summed E-state index contributed by atoms with van der Waals surface area (Å²) < 4.78 is 15.8. The normalized spacial score (nSPS) is 30.6. The number of hydrogen-bond donors (Lipinski definition) is 6. The van der Waals surface area contributed by atoms with E-state index in [0.29, 0.717) is 71.0 Å². The third-order valence-electron chi connectivity index (χ3n) is 14.6. The minimum absolute atomic E-state index is 0.0376. The quantitative estimate of drug-likeness (QED) is 0.0769. The summed E-state index contributed by atoms with van der Waals surface area (Å²) in [6, 6.07) is 0.732. The largest absolute Gasteiger partial charge is 0.387 e. The molecule has 0 amide bonds. The zero-order valence-electron chi connectivity index (χ0n) is 40.1. The smallest absolute Gasteiger partial charge is 0.229 e. The lowest BCUT2D eigenvalue weighted by molar-refractivity contribution is -0.0384. The van der Waals surface area contributed by atoms with Crippen molar-refractivity contribution in [3.8, 4) is 0 Å². The highest BCUT2D eigenvalue weighted by atomic mass is 16.6. The second kappa shape index (κ2) is 18.7. The molecule has 10 heterocycles. The van der Waals surface area contributed by atoms with Gasteiger partial charge in [0.15, 0.2) is 58.6 Å². The highest BCUT2D eigenvalue weighted by Gasteiger charge is 2.49. The maximum absolute atomic E-state index is 11.4. The Morgan fingerprint density at radius 2 is 1.00 bits per heavy atom. The van der Waals surface area contributed by atoms with Gasteiger partial charge in [0.1, 0.15) is 24.4 Å². The second-order valence-electron chi connectivity index (χ2n) is 19.5. The van der Waals surface area contributed by atoms with Gasteiger partial charge < -0.3 is 60.1 Å². The van der Waals surface area contributed by atoms with Crippen LogP contribution >= 0.6 is 0 Å². The Bertz CT molecular complexity index is 2600. The minimum atomic E-state index is -1.33. The number of hydrogen-bond acceptors (Lipinski definition) is 24. The van der Waals surface area contributed by atoms with Gasteiger partial charge in [0.25, 0.3) is 0 Å². The predicted octanol–water partition coefficient (Wildman–Crippen LogP) is -0.922. The molecule has 0 bridgehead atoms. The van der Waals surface area contributed by atoms with Gasteiger partial charge in [0.2, 0.25) is 23.5 Å². The molecule has 6 aromatic rings. The van der Waals surface area contributed by atoms with E-state index in [-0.39, 0.29) is 23.7 Å². The van der Waals surface area contributed by atoms with Crippen molar-refractivity contribution in [2.24, 2.45) is 0 Å². The van der Waals surface area contributed by atoms with Gasteiger partial charge in [-0.1, -0.05) is 0 Å². The lowest BCUT2D eigenvalue weighted by Gasteiger charge is -2.31. The number of aryl methyl sites for hydroxylation is 2. The Balaban J connectivity index is 0.843. The zero-order valence-corrected chi connectivity index (χ0v) is 40.1. The third kappa shape index (κ3) is 8.41. The molecule has 11 rings (SSSR count). The summed E-state index contributed by atoms with van der Waals surface area (Å²) in [4.78, 5) is 41.3. The van der Waals surface area contributed by atoms with Crippen molar-refractivity contribution in [2.75, 3.05) is 74.8 Å². The molecule has 1 aliphatic carbocycles. The summed E-state index contributed by atoms with van der Waals surface area (Å²) in [6.45, 7) is 7.76. The maximum atomic E-state index is 11.4. The van der Waals surface area contributed by atoms with Gasteiger partial charge in [-0.2, -0.15) is 29.5 Å². The Hall–Kier alpha value is -5.88. The van der Waals surface area contributed by atoms with Crippen LogP contribution in [-0.2, 0) is 22.6 Å². The summed E-state index contributed by atoms with van der Waals surface area (Å²) in [6.07, 6.45) is -1.17. The van der Waals surface area contributed by atoms with Crippen LogP contribution in [0.5, 0.6) is 0 Å². The zero-order chi connectivity index (χ0) is 48.5. The van der Waals surface area contributed by atoms with E-state index in [1.54, 1.807) is 21.8 Å². The van der Waals surface area contributed by atoms with E-state index < -0.39 is 49.1 Å². The van der Waals surface area contributed by atoms with Crippen LogP contribution in [0, 0.1) is 0 Å². The Morgan fingerprint density at radius 1 is 0.586 bits per heavy atom. The van der Waals surface area contributed by atoms with Crippen molar-refractivity contribution in [2.45, 2.75) is 139 Å². The van der Waals surface area contributed by atoms with Crippen molar-refractivity contribution in [3.05, 3.63) is 24.3 Å². The van der Waals surface area contributed by atoms with Gasteiger partial charge in [-0.3, -0.25) is 9.13 Å². The molecule has 1 saturated carbocycles. The van der Waals surface area contributed by atoms with Gasteiger partial charge in [0, 0.05) is 50.3 Å². The van der Waals surface area contributed by atoms with Crippen molar-refractivity contribution in [1.29, 1.82) is 0 Å². The molecular weight excluding hydrogens is 909 g/mol. The second-order valence-corrected chi connectivity index (χ2v) is 19.5. The summed E-state index contributed by atoms with van der Waals surface area (Å²) >= 11 is 0. The van der Waals surface area contributed by atoms with Crippen molar-refractivity contribution < 1.29 is 29.9 Å². The van der Waals surface area contributed by atoms with E-state index in [9.17, 15) is 20.4 Å². The number of likely N-dealkylation sites (N-methyl/N-ethyl adjacent to an activating group) is 2. The number of tetrazole rings is 2. The van der Waals surface area contributed by atoms with Crippen molar-refractivity contribution in [3.63, 3.8) is 0 Å². The van der Waals surface area contributed by atoms with E-state index in [4.69, 9.17) is 39.4 Å². The molecule has 6 aromatic heterocycles. The van der Waals surface area contributed by atoms with Crippen LogP contribution in [0.15, 0.2) is 12.7 Å². The highest BCUT2D eigenvalue weighted by Crippen LogP contribution is 2.42. The first-order valence-corrected chi connectivity index (χ1v) is 24.3. The molecule has 5 fully saturated rings. The molecule has 70 heavy (non-hydrogen) atoms. The van der Waals surface area contributed by atoms with E-state index in [2.05, 4.69) is 89.2 Å². The van der Waals surface area contributed by atoms with Crippen LogP contribution in [0.2, 0.25) is 0 Å². The molecule has 28 heteroatoms. The average molecular weight is 971 g/mol. The average Bonchev–Trinajstić information content (AvgIpc) is 4.22. The molecule has 0 radical (unpaired) electrons. The van der Waals surface area contributed by atoms with E-state index in [1.807, 2.05) is 13.8 Å². The third-order valence-corrected chi connectivity index (χ3v) is 14.6. The summed E-state index contributed by atoms with van der Waals surface area (Å²) in [5.41, 5.74) is 1.94. The number of fused-ring (bicyclic) bond motifs is 2. The van der Waals surface area contributed by atoms with Gasteiger partial charge in [-0.25, -0.2) is 9.97 Å². The number of aromatic nitrogens is 16. The minimum Gasteiger partial charge on any atom is -0.387 e. The van der Waals surface area contributed by atoms with E-state index >= 15 is 0 Å². The van der Waals surface area contributed by atoms with E-state index in [0.717, 1.165) is 64.7 Å². The fraction of sp³-hybridized carbons (Fsp3) is 0.714. The summed E-state index contributed by atoms with van der Waals surface area (Å²) in [5, 5.41) is 77.3. The first-order valence-electron chi connectivity index (χ1n) is 24.3. The number of nitrogens with zero attached hydrogens (tertiary/aromatic N) is 20. The van der Waals surface area contributed by atoms with Crippen LogP contribution in [0.1, 0.15) is 88.7 Å². The number of aliphatic hydroxyl groups excluding tert-OH is 4. The van der Waals surface area contributed by atoms with Gasteiger partial charge >= 0.3 is 0 Å². The molecule has 4 aliphatic heterocycles. The first kappa shape index (κ1) is 46.5. The number of rotatable bonds is 14. The van der Waals surface area contributed by atoms with Crippen molar-refractivity contribution in [1.82, 2.24) is 89.3 Å². The topological polar surface area (TPSA) is 311 Å². The molecule has 10 atom stereocenters. The molecule has 376 valence electrons. The predicted molar refractivity (Wildman–Crippen MR) is 249 cm³/mol. The molecule has 4 saturated heterocycles. The summed E-state index contributed by atoms with van der Waals surface area (Å²) in [5.74, 6) is 2.58. The van der Waals surface area contributed by atoms with Crippen LogP contribution in [0.3, 0.4) is 0 Å². The van der Waals surface area contributed by atoms with Gasteiger partial charge in [-0.15, -0.1) is 20.4 Å². The Kier molecular flexibility index (Phi) is 12.4. The number of anilines is 4. The first-order chi connectivity index (χ1) is 33.8. The fourth-order valence-electron chi connectivity index (χ4n) is 10.3. The lowest BCUT2D eigenvalue weighted by atomic mass is 9.91. The maximum Gasteiger partial charge on any atom is 0.229 e. The van der Waals surface area contributed by atoms with Crippen LogP contribution < -0.4 is 20.4 Å². The molecular formula is C42H62N22O6. The monoisotopic (exact) mass is 971 g/mol. The summed E-state index contributed by atoms with van der Waals surface area (Å²) in [7, 11) is 8.30. The van der Waals surface area contributed by atoms with Gasteiger partial charge in [0.05, 0.1) is 25.7 Å². The molecule has 0 spiro atoms. The van der Waals surface area contributed by atoms with Gasteiger partial charge in [-0.05, 0) is 91.0 Å². The van der Waals surface area contributed by atoms with Crippen molar-refractivity contribution >= 4 is 45.9 Å². The fourth-order valence-corrected chi connectivity index (χ4v) is 10.3. The number of aliphatic hydroxyl groups is 4. The Morgan fingerprint density at radius 3 is 1.36 bits per heavy atom. The Labute approximate surface area is 402 Å². The lowest BCUT2D eigenvalue weighted by Crippen LogP contribution is -2.34. The van der Waals surface area contributed by atoms with E-state index in [1.165, 1.54) is 9.59 Å². The molecule has 5 aliphatic rings. The standard InChI is InChI=1S/C42H62N22O6/c1-7-63-53-35(51-55-63)31-27(65)29(67)39(69-31)61-19-43-25-33(47-41(49-37(25)61)59-15-13-23(17-59)57(3)4)45-21-9-11-22(12-10-21)46-34-26-38(50-42(48-34)60-16-14-24(18-60)58(5)6)62(20-44-26)40-30(68)28(66)32(70-40)36-52-56-64(8-2)54-36/h19-24,27-32,39-40,65-68H,7-18H2,1-6H3,(H,45,47,49)(H,46,48,50)/t21-,22-,23-,24?,27+,28+,29-,30-,31+,32+,39-,40-/m1/s1. The molecule has 6 N–H and O–H groups in total. The molecule has 28 nitrogen and oxygen atoms in total.